The minimum absolute atomic E-state index is 0.366. The zero-order chi connectivity index (χ0) is 17.0. The van der Waals surface area contributed by atoms with Crippen molar-refractivity contribution < 1.29 is 14.3 Å². The number of pyridine rings is 1. The second kappa shape index (κ2) is 5.05. The Morgan fingerprint density at radius 1 is 0.960 bits per heavy atom. The Hall–Kier alpha value is -3.40. The van der Waals surface area contributed by atoms with Crippen molar-refractivity contribution in [2.24, 2.45) is 0 Å². The first-order valence-electron chi connectivity index (χ1n) is 7.98. The fourth-order valence-electron chi connectivity index (χ4n) is 3.42. The predicted octanol–water partition coefficient (Wildman–Crippen LogP) is 4.95. The van der Waals surface area contributed by atoms with Gasteiger partial charge in [0.05, 0.1) is 29.3 Å². The van der Waals surface area contributed by atoms with Gasteiger partial charge in [0, 0.05) is 10.9 Å². The molecule has 4 heteroatoms. The van der Waals surface area contributed by atoms with Crippen molar-refractivity contribution >= 4 is 27.6 Å². The normalized spacial score (nSPS) is 11.9. The average Bonchev–Trinajstić information content (AvgIpc) is 2.67. The van der Waals surface area contributed by atoms with Gasteiger partial charge < -0.3 is 9.47 Å². The third-order valence-electron chi connectivity index (χ3n) is 4.57. The fourth-order valence-corrected chi connectivity index (χ4v) is 3.42. The highest BCUT2D eigenvalue weighted by Crippen LogP contribution is 2.46. The van der Waals surface area contributed by atoms with Crippen LogP contribution in [0.25, 0.3) is 32.9 Å². The number of nitrogens with zero attached hydrogens (tertiary/aromatic N) is 1. The van der Waals surface area contributed by atoms with Gasteiger partial charge in [-0.15, -0.1) is 0 Å². The summed E-state index contributed by atoms with van der Waals surface area (Å²) in [5, 5.41) is 3.04. The number of ether oxygens (including phenoxy) is 2. The molecule has 0 amide bonds. The highest BCUT2D eigenvalue weighted by atomic mass is 16.5. The van der Waals surface area contributed by atoms with Crippen molar-refractivity contribution in [2.75, 3.05) is 7.11 Å². The summed E-state index contributed by atoms with van der Waals surface area (Å²) < 4.78 is 10.9. The lowest BCUT2D eigenvalue weighted by atomic mass is 9.96. The number of fused-ring (bicyclic) bond motifs is 4. The lowest BCUT2D eigenvalue weighted by Gasteiger charge is -2.21. The molecule has 0 atom stereocenters. The Balaban J connectivity index is 1.92. The Morgan fingerprint density at radius 3 is 2.68 bits per heavy atom. The molecule has 4 aromatic rings. The highest BCUT2D eigenvalue weighted by Gasteiger charge is 2.22. The van der Waals surface area contributed by atoms with Crippen molar-refractivity contribution in [2.45, 2.75) is 0 Å². The minimum Gasteiger partial charge on any atom is -0.465 e. The van der Waals surface area contributed by atoms with Crippen molar-refractivity contribution in [1.82, 2.24) is 4.98 Å². The minimum atomic E-state index is -0.366. The summed E-state index contributed by atoms with van der Waals surface area (Å²) in [4.78, 5) is 16.7. The maximum atomic E-state index is 11.9. The molecule has 0 fully saturated rings. The van der Waals surface area contributed by atoms with E-state index in [-0.39, 0.29) is 5.97 Å². The maximum absolute atomic E-state index is 11.9. The molecule has 0 radical (unpaired) electrons. The number of carbonyl (C=O) groups excluding carboxylic acids is 1. The Morgan fingerprint density at radius 2 is 1.80 bits per heavy atom. The zero-order valence-corrected chi connectivity index (χ0v) is 13.4. The number of rotatable bonds is 1. The van der Waals surface area contributed by atoms with Crippen LogP contribution in [0.2, 0.25) is 0 Å². The number of esters is 1. The van der Waals surface area contributed by atoms with Gasteiger partial charge in [0.1, 0.15) is 11.5 Å². The van der Waals surface area contributed by atoms with Crippen LogP contribution in [-0.2, 0) is 4.74 Å². The first-order valence-corrected chi connectivity index (χ1v) is 7.98. The van der Waals surface area contributed by atoms with Crippen LogP contribution in [-0.4, -0.2) is 18.1 Å². The molecule has 0 spiro atoms. The Bertz CT molecular complexity index is 1180. The van der Waals surface area contributed by atoms with Gasteiger partial charge in [-0.1, -0.05) is 30.3 Å². The molecule has 0 N–H and O–H groups in total. The van der Waals surface area contributed by atoms with Crippen molar-refractivity contribution in [1.29, 1.82) is 0 Å². The van der Waals surface area contributed by atoms with Gasteiger partial charge in [-0.25, -0.2) is 9.78 Å². The lowest BCUT2D eigenvalue weighted by Crippen LogP contribution is -2.03. The summed E-state index contributed by atoms with van der Waals surface area (Å²) in [5.74, 6) is 1.23. The van der Waals surface area contributed by atoms with Crippen LogP contribution in [0.15, 0.2) is 60.7 Å². The van der Waals surface area contributed by atoms with Crippen LogP contribution >= 0.6 is 0 Å². The molecular formula is C21H13NO3. The SMILES string of the molecule is COC(=O)c1ccc2c(c1)nc1c3c(cccc32)Oc2ccccc2-1. The molecule has 1 aromatic heterocycles. The van der Waals surface area contributed by atoms with E-state index in [4.69, 9.17) is 14.5 Å². The average molecular weight is 327 g/mol. The topological polar surface area (TPSA) is 48.4 Å². The number of hydrogen-bond acceptors (Lipinski definition) is 4. The van der Waals surface area contributed by atoms with Gasteiger partial charge in [0.15, 0.2) is 0 Å². The first-order chi connectivity index (χ1) is 12.3. The van der Waals surface area contributed by atoms with Crippen molar-refractivity contribution in [3.8, 4) is 22.8 Å². The molecule has 0 saturated heterocycles. The van der Waals surface area contributed by atoms with E-state index in [0.29, 0.717) is 5.56 Å². The molecule has 1 aliphatic heterocycles. The Kier molecular flexibility index (Phi) is 2.82. The monoisotopic (exact) mass is 327 g/mol. The molecule has 0 unspecified atom stereocenters. The van der Waals surface area contributed by atoms with E-state index < -0.39 is 0 Å². The number of methoxy groups -OCH3 is 1. The molecule has 1 aliphatic rings. The van der Waals surface area contributed by atoms with E-state index in [1.54, 1.807) is 12.1 Å². The van der Waals surface area contributed by atoms with Gasteiger partial charge >= 0.3 is 5.97 Å². The summed E-state index contributed by atoms with van der Waals surface area (Å²) in [6, 6.07) is 19.3. The van der Waals surface area contributed by atoms with Gasteiger partial charge in [-0.2, -0.15) is 0 Å². The second-order valence-electron chi connectivity index (χ2n) is 5.96. The summed E-state index contributed by atoms with van der Waals surface area (Å²) in [6.07, 6.45) is 0. The third-order valence-corrected chi connectivity index (χ3v) is 4.57. The number of carbonyl (C=O) groups is 1. The van der Waals surface area contributed by atoms with Gasteiger partial charge in [-0.05, 0) is 35.7 Å². The molecule has 5 rings (SSSR count). The quantitative estimate of drug-likeness (QED) is 0.323. The predicted molar refractivity (Wildman–Crippen MR) is 96.1 cm³/mol. The summed E-state index contributed by atoms with van der Waals surface area (Å²) in [6.45, 7) is 0. The van der Waals surface area contributed by atoms with Crippen LogP contribution in [0.1, 0.15) is 10.4 Å². The van der Waals surface area contributed by atoms with Gasteiger partial charge in [-0.3, -0.25) is 0 Å². The van der Waals surface area contributed by atoms with E-state index in [2.05, 4.69) is 6.07 Å². The largest absolute Gasteiger partial charge is 0.465 e. The van der Waals surface area contributed by atoms with Crippen LogP contribution in [0.3, 0.4) is 0 Å². The van der Waals surface area contributed by atoms with Gasteiger partial charge in [0.2, 0.25) is 0 Å². The van der Waals surface area contributed by atoms with E-state index >= 15 is 0 Å². The lowest BCUT2D eigenvalue weighted by molar-refractivity contribution is 0.0601. The maximum Gasteiger partial charge on any atom is 0.337 e. The zero-order valence-electron chi connectivity index (χ0n) is 13.4. The summed E-state index contributed by atoms with van der Waals surface area (Å²) in [7, 11) is 1.38. The molecule has 2 heterocycles. The first kappa shape index (κ1) is 14.0. The third kappa shape index (κ3) is 1.94. The molecule has 3 aromatic carbocycles. The summed E-state index contributed by atoms with van der Waals surface area (Å²) >= 11 is 0. The fraction of sp³-hybridized carbons (Fsp3) is 0.0476. The smallest absolute Gasteiger partial charge is 0.337 e. The van der Waals surface area contributed by atoms with E-state index in [1.165, 1.54) is 7.11 Å². The van der Waals surface area contributed by atoms with Crippen LogP contribution < -0.4 is 4.74 Å². The molecule has 0 saturated carbocycles. The van der Waals surface area contributed by atoms with E-state index in [1.807, 2.05) is 42.5 Å². The summed E-state index contributed by atoms with van der Waals surface area (Å²) in [5.41, 5.74) is 3.09. The molecular weight excluding hydrogens is 314 g/mol. The number of para-hydroxylation sites is 1. The molecule has 0 bridgehead atoms. The standard InChI is InChI=1S/C21H13NO3/c1-24-21(23)12-9-10-13-14-6-4-8-18-19(14)20(22-16(13)11-12)15-5-2-3-7-17(15)25-18/h2-11H,1H3. The van der Waals surface area contributed by atoms with Crippen LogP contribution in [0, 0.1) is 0 Å². The molecule has 0 aliphatic carbocycles. The Labute approximate surface area is 143 Å². The molecule has 4 nitrogen and oxygen atoms in total. The highest BCUT2D eigenvalue weighted by molar-refractivity contribution is 6.15. The molecule has 25 heavy (non-hydrogen) atoms. The van der Waals surface area contributed by atoms with Crippen LogP contribution in [0.4, 0.5) is 0 Å². The van der Waals surface area contributed by atoms with E-state index in [9.17, 15) is 4.79 Å². The van der Waals surface area contributed by atoms with Gasteiger partial charge in [0.25, 0.3) is 0 Å². The molecule has 120 valence electrons. The van der Waals surface area contributed by atoms with Crippen LogP contribution in [0.5, 0.6) is 11.5 Å². The van der Waals surface area contributed by atoms with Crippen molar-refractivity contribution in [3.05, 3.63) is 66.2 Å². The number of aromatic nitrogens is 1. The van der Waals surface area contributed by atoms with E-state index in [0.717, 1.165) is 44.4 Å². The number of benzene rings is 3. The van der Waals surface area contributed by atoms with Crippen molar-refractivity contribution in [3.63, 3.8) is 0 Å². The second-order valence-corrected chi connectivity index (χ2v) is 5.96. The number of hydrogen-bond donors (Lipinski definition) is 0.